The van der Waals surface area contributed by atoms with Gasteiger partial charge in [-0.1, -0.05) is 30.3 Å². The van der Waals surface area contributed by atoms with Crippen molar-refractivity contribution in [1.29, 1.82) is 0 Å². The number of esters is 1. The first-order chi connectivity index (χ1) is 7.33. The van der Waals surface area contributed by atoms with Crippen molar-refractivity contribution in [2.24, 2.45) is 5.73 Å². The lowest BCUT2D eigenvalue weighted by Crippen LogP contribution is -2.29. The maximum Gasteiger partial charge on any atom is 0.320 e. The summed E-state index contributed by atoms with van der Waals surface area (Å²) in [5.41, 5.74) is 6.26. The number of nitrogens with two attached hydrogens (primary N) is 1. The number of hydrogen-bond donors (Lipinski definition) is 2. The van der Waals surface area contributed by atoms with Crippen molar-refractivity contribution in [3.05, 3.63) is 35.9 Å². The highest BCUT2D eigenvalue weighted by Crippen LogP contribution is 2.00. The lowest BCUT2D eigenvalue weighted by atomic mass is 10.2. The predicted molar refractivity (Wildman–Crippen MR) is 58.2 cm³/mol. The second-order valence-corrected chi connectivity index (χ2v) is 3.11. The summed E-state index contributed by atoms with van der Waals surface area (Å²) in [5.74, 6) is -0.257. The molecule has 0 aliphatic carbocycles. The molecule has 15 heavy (non-hydrogen) atoms. The molecule has 0 saturated heterocycles. The van der Waals surface area contributed by atoms with Crippen LogP contribution < -0.4 is 11.1 Å². The van der Waals surface area contributed by atoms with E-state index in [4.69, 9.17) is 10.5 Å². The fraction of sp³-hybridized carbons (Fsp3) is 0.364. The van der Waals surface area contributed by atoms with Gasteiger partial charge in [0.25, 0.3) is 0 Å². The molecule has 0 fully saturated rings. The zero-order valence-corrected chi connectivity index (χ0v) is 8.61. The van der Waals surface area contributed by atoms with E-state index in [1.165, 1.54) is 0 Å². The van der Waals surface area contributed by atoms with Gasteiger partial charge in [-0.15, -0.1) is 0 Å². The van der Waals surface area contributed by atoms with Gasteiger partial charge in [0.1, 0.15) is 6.61 Å². The second kappa shape index (κ2) is 6.98. The SMILES string of the molecule is NCCNCC(=O)OCc1ccccc1. The summed E-state index contributed by atoms with van der Waals surface area (Å²) in [5, 5.41) is 2.87. The van der Waals surface area contributed by atoms with Crippen LogP contribution in [0.5, 0.6) is 0 Å². The van der Waals surface area contributed by atoms with E-state index in [1.54, 1.807) is 0 Å². The molecule has 0 unspecified atom stereocenters. The van der Waals surface area contributed by atoms with Crippen molar-refractivity contribution in [3.8, 4) is 0 Å². The van der Waals surface area contributed by atoms with E-state index >= 15 is 0 Å². The van der Waals surface area contributed by atoms with Gasteiger partial charge in [-0.25, -0.2) is 0 Å². The van der Waals surface area contributed by atoms with E-state index in [1.807, 2.05) is 30.3 Å². The summed E-state index contributed by atoms with van der Waals surface area (Å²) in [6.07, 6.45) is 0. The molecule has 0 aliphatic heterocycles. The molecule has 4 heteroatoms. The van der Waals surface area contributed by atoms with Crippen LogP contribution in [0.1, 0.15) is 5.56 Å². The minimum atomic E-state index is -0.257. The van der Waals surface area contributed by atoms with Crippen molar-refractivity contribution in [2.45, 2.75) is 6.61 Å². The van der Waals surface area contributed by atoms with Crippen molar-refractivity contribution >= 4 is 5.97 Å². The number of ether oxygens (including phenoxy) is 1. The Morgan fingerprint density at radius 2 is 2.07 bits per heavy atom. The summed E-state index contributed by atoms with van der Waals surface area (Å²) < 4.78 is 5.03. The van der Waals surface area contributed by atoms with Crippen molar-refractivity contribution in [2.75, 3.05) is 19.6 Å². The average Bonchev–Trinajstić information content (AvgIpc) is 2.28. The van der Waals surface area contributed by atoms with Gasteiger partial charge in [-0.2, -0.15) is 0 Å². The van der Waals surface area contributed by atoms with Crippen molar-refractivity contribution in [3.63, 3.8) is 0 Å². The fourth-order valence-electron chi connectivity index (χ4n) is 1.08. The van der Waals surface area contributed by atoms with Crippen LogP contribution in [-0.4, -0.2) is 25.6 Å². The standard InChI is InChI=1S/C11H16N2O2/c12-6-7-13-8-11(14)15-9-10-4-2-1-3-5-10/h1-5,13H,6-9,12H2. The maximum absolute atomic E-state index is 11.2. The van der Waals surface area contributed by atoms with Gasteiger partial charge in [-0.05, 0) is 5.56 Å². The van der Waals surface area contributed by atoms with Crippen LogP contribution in [0.3, 0.4) is 0 Å². The number of rotatable bonds is 6. The van der Waals surface area contributed by atoms with Crippen LogP contribution >= 0.6 is 0 Å². The molecule has 0 aliphatic rings. The third-order valence-corrected chi connectivity index (χ3v) is 1.83. The highest BCUT2D eigenvalue weighted by Gasteiger charge is 2.01. The largest absolute Gasteiger partial charge is 0.460 e. The van der Waals surface area contributed by atoms with Gasteiger partial charge in [0.05, 0.1) is 6.54 Å². The van der Waals surface area contributed by atoms with Gasteiger partial charge in [0.15, 0.2) is 0 Å². The molecule has 3 N–H and O–H groups in total. The zero-order valence-electron chi connectivity index (χ0n) is 8.61. The van der Waals surface area contributed by atoms with Gasteiger partial charge in [-0.3, -0.25) is 4.79 Å². The molecule has 82 valence electrons. The van der Waals surface area contributed by atoms with Crippen LogP contribution in [0.15, 0.2) is 30.3 Å². The Bertz CT molecular complexity index is 288. The Kier molecular flexibility index (Phi) is 5.43. The highest BCUT2D eigenvalue weighted by atomic mass is 16.5. The van der Waals surface area contributed by atoms with Gasteiger partial charge in [0, 0.05) is 13.1 Å². The molecule has 0 spiro atoms. The summed E-state index contributed by atoms with van der Waals surface area (Å²) >= 11 is 0. The van der Waals surface area contributed by atoms with Gasteiger partial charge in [0.2, 0.25) is 0 Å². The number of carbonyl (C=O) groups is 1. The minimum Gasteiger partial charge on any atom is -0.460 e. The Hall–Kier alpha value is -1.39. The molecule has 1 aromatic carbocycles. The molecule has 0 aromatic heterocycles. The average molecular weight is 208 g/mol. The molecular formula is C11H16N2O2. The molecule has 0 amide bonds. The Labute approximate surface area is 89.4 Å². The van der Waals surface area contributed by atoms with Crippen LogP contribution in [0.4, 0.5) is 0 Å². The summed E-state index contributed by atoms with van der Waals surface area (Å²) in [7, 11) is 0. The minimum absolute atomic E-state index is 0.212. The third kappa shape index (κ3) is 5.15. The Morgan fingerprint density at radius 3 is 2.73 bits per heavy atom. The Morgan fingerprint density at radius 1 is 1.33 bits per heavy atom. The number of benzene rings is 1. The van der Waals surface area contributed by atoms with Crippen LogP contribution in [0, 0.1) is 0 Å². The highest BCUT2D eigenvalue weighted by molar-refractivity contribution is 5.71. The summed E-state index contributed by atoms with van der Waals surface area (Å²) in [6.45, 7) is 1.68. The summed E-state index contributed by atoms with van der Waals surface area (Å²) in [6, 6.07) is 9.58. The first kappa shape index (κ1) is 11.7. The first-order valence-electron chi connectivity index (χ1n) is 4.93. The molecule has 0 atom stereocenters. The second-order valence-electron chi connectivity index (χ2n) is 3.11. The lowest BCUT2D eigenvalue weighted by molar-refractivity contribution is -0.143. The number of carbonyl (C=O) groups excluding carboxylic acids is 1. The predicted octanol–water partition coefficient (Wildman–Crippen LogP) is 0.278. The van der Waals surface area contributed by atoms with E-state index < -0.39 is 0 Å². The van der Waals surface area contributed by atoms with Crippen molar-refractivity contribution < 1.29 is 9.53 Å². The molecule has 0 saturated carbocycles. The molecule has 4 nitrogen and oxygen atoms in total. The number of nitrogens with one attached hydrogen (secondary N) is 1. The normalized spacial score (nSPS) is 9.93. The van der Waals surface area contributed by atoms with E-state index in [0.717, 1.165) is 5.56 Å². The molecule has 0 bridgehead atoms. The van der Waals surface area contributed by atoms with Gasteiger partial charge < -0.3 is 15.8 Å². The molecule has 0 radical (unpaired) electrons. The third-order valence-electron chi connectivity index (χ3n) is 1.83. The van der Waals surface area contributed by atoms with Crippen LogP contribution in [0.25, 0.3) is 0 Å². The van der Waals surface area contributed by atoms with Gasteiger partial charge >= 0.3 is 5.97 Å². The van der Waals surface area contributed by atoms with Crippen molar-refractivity contribution in [1.82, 2.24) is 5.32 Å². The van der Waals surface area contributed by atoms with E-state index in [0.29, 0.717) is 19.7 Å². The monoisotopic (exact) mass is 208 g/mol. The molecule has 0 heterocycles. The van der Waals surface area contributed by atoms with E-state index in [9.17, 15) is 4.79 Å². The molecular weight excluding hydrogens is 192 g/mol. The molecule has 1 rings (SSSR count). The topological polar surface area (TPSA) is 64.3 Å². The molecule has 1 aromatic rings. The summed E-state index contributed by atoms with van der Waals surface area (Å²) in [4.78, 5) is 11.2. The first-order valence-corrected chi connectivity index (χ1v) is 4.93. The fourth-order valence-corrected chi connectivity index (χ4v) is 1.08. The van der Waals surface area contributed by atoms with E-state index in [-0.39, 0.29) is 12.5 Å². The number of hydrogen-bond acceptors (Lipinski definition) is 4. The quantitative estimate of drug-likeness (QED) is 0.520. The van der Waals surface area contributed by atoms with Crippen LogP contribution in [0.2, 0.25) is 0 Å². The smallest absolute Gasteiger partial charge is 0.320 e. The zero-order chi connectivity index (χ0) is 10.9. The van der Waals surface area contributed by atoms with Crippen LogP contribution in [-0.2, 0) is 16.1 Å². The van der Waals surface area contributed by atoms with E-state index in [2.05, 4.69) is 5.32 Å². The maximum atomic E-state index is 11.2. The Balaban J connectivity index is 2.17. The lowest BCUT2D eigenvalue weighted by Gasteiger charge is -2.05.